The molecule has 0 heterocycles. The van der Waals surface area contributed by atoms with Gasteiger partial charge in [-0.05, 0) is 42.4 Å². The average molecular weight is 288 g/mol. The summed E-state index contributed by atoms with van der Waals surface area (Å²) in [5.74, 6) is 0.926. The molecule has 0 bridgehead atoms. The van der Waals surface area contributed by atoms with Crippen LogP contribution < -0.4 is 11.1 Å². The van der Waals surface area contributed by atoms with Crippen LogP contribution in [0.1, 0.15) is 68.3 Å². The topological polar surface area (TPSA) is 55.1 Å². The number of nitrogens with two attached hydrogens (primary N) is 1. The van der Waals surface area contributed by atoms with Crippen molar-refractivity contribution in [1.82, 2.24) is 5.32 Å². The molecule has 1 aliphatic rings. The zero-order valence-electron chi connectivity index (χ0n) is 13.5. The molecule has 3 nitrogen and oxygen atoms in total. The molecule has 116 valence electrons. The van der Waals surface area contributed by atoms with E-state index in [0.717, 1.165) is 24.8 Å². The van der Waals surface area contributed by atoms with E-state index in [-0.39, 0.29) is 11.4 Å². The smallest absolute Gasteiger partial charge is 0.251 e. The number of carbonyl (C=O) groups excluding carboxylic acids is 1. The van der Waals surface area contributed by atoms with E-state index < -0.39 is 0 Å². The van der Waals surface area contributed by atoms with Crippen molar-refractivity contribution in [2.45, 2.75) is 57.9 Å². The fraction of sp³-hybridized carbons (Fsp3) is 0.611. The highest BCUT2D eigenvalue weighted by molar-refractivity contribution is 5.94. The molecule has 0 radical (unpaired) electrons. The van der Waals surface area contributed by atoms with E-state index in [1.165, 1.54) is 12.0 Å². The van der Waals surface area contributed by atoms with Gasteiger partial charge in [-0.3, -0.25) is 4.79 Å². The summed E-state index contributed by atoms with van der Waals surface area (Å²) in [6.45, 7) is 7.03. The molecule has 2 unspecified atom stereocenters. The van der Waals surface area contributed by atoms with Crippen molar-refractivity contribution < 1.29 is 4.79 Å². The molecule has 1 aliphatic carbocycles. The molecule has 1 amide bonds. The predicted octanol–water partition coefficient (Wildman–Crippen LogP) is 3.45. The van der Waals surface area contributed by atoms with Gasteiger partial charge < -0.3 is 11.1 Å². The fourth-order valence-corrected chi connectivity index (χ4v) is 3.27. The second-order valence-corrected chi connectivity index (χ2v) is 6.74. The van der Waals surface area contributed by atoms with Gasteiger partial charge in [0.2, 0.25) is 0 Å². The van der Waals surface area contributed by atoms with Crippen LogP contribution in [0.5, 0.6) is 0 Å². The maximum absolute atomic E-state index is 12.5. The van der Waals surface area contributed by atoms with Crippen molar-refractivity contribution in [1.29, 1.82) is 0 Å². The Bertz CT molecular complexity index is 480. The van der Waals surface area contributed by atoms with E-state index >= 15 is 0 Å². The zero-order chi connectivity index (χ0) is 15.5. The van der Waals surface area contributed by atoms with Crippen LogP contribution >= 0.6 is 0 Å². The molecule has 3 heteroatoms. The standard InChI is InChI=1S/C18H28N2O/c1-13(2)15-7-9-16(10-8-15)17(21)20-18(12-19)11-5-4-6-14(18)3/h7-10,13-14H,4-6,11-12,19H2,1-3H3,(H,20,21). The SMILES string of the molecule is CC(C)c1ccc(C(=O)NC2(CN)CCCCC2C)cc1. The van der Waals surface area contributed by atoms with Crippen molar-refractivity contribution in [3.8, 4) is 0 Å². The molecular formula is C18H28N2O. The Hall–Kier alpha value is -1.35. The van der Waals surface area contributed by atoms with Crippen LogP contribution in [0.25, 0.3) is 0 Å². The van der Waals surface area contributed by atoms with Gasteiger partial charge in [-0.25, -0.2) is 0 Å². The lowest BCUT2D eigenvalue weighted by Crippen LogP contribution is -2.59. The van der Waals surface area contributed by atoms with Crippen LogP contribution in [0.15, 0.2) is 24.3 Å². The lowest BCUT2D eigenvalue weighted by Gasteiger charge is -2.42. The number of hydrogen-bond acceptors (Lipinski definition) is 2. The highest BCUT2D eigenvalue weighted by Crippen LogP contribution is 2.33. The van der Waals surface area contributed by atoms with Gasteiger partial charge in [0, 0.05) is 12.1 Å². The van der Waals surface area contributed by atoms with E-state index in [1.54, 1.807) is 0 Å². The van der Waals surface area contributed by atoms with Crippen molar-refractivity contribution in [3.63, 3.8) is 0 Å². The first-order valence-electron chi connectivity index (χ1n) is 8.11. The first-order valence-corrected chi connectivity index (χ1v) is 8.11. The van der Waals surface area contributed by atoms with Gasteiger partial charge in [0.05, 0.1) is 5.54 Å². The lowest BCUT2D eigenvalue weighted by molar-refractivity contribution is 0.0813. The van der Waals surface area contributed by atoms with E-state index in [0.29, 0.717) is 18.4 Å². The number of hydrogen-bond donors (Lipinski definition) is 2. The molecule has 1 aromatic rings. The summed E-state index contributed by atoms with van der Waals surface area (Å²) in [5.41, 5.74) is 7.76. The minimum atomic E-state index is -0.230. The molecule has 1 saturated carbocycles. The summed E-state index contributed by atoms with van der Waals surface area (Å²) < 4.78 is 0. The number of rotatable bonds is 4. The molecule has 21 heavy (non-hydrogen) atoms. The molecule has 0 saturated heterocycles. The van der Waals surface area contributed by atoms with Crippen LogP contribution in [0.3, 0.4) is 0 Å². The summed E-state index contributed by atoms with van der Waals surface area (Å²) in [6, 6.07) is 7.92. The third kappa shape index (κ3) is 3.46. The molecule has 0 spiro atoms. The summed E-state index contributed by atoms with van der Waals surface area (Å²) in [4.78, 5) is 12.5. The molecular weight excluding hydrogens is 260 g/mol. The normalized spacial score (nSPS) is 25.9. The Balaban J connectivity index is 2.12. The van der Waals surface area contributed by atoms with Gasteiger partial charge >= 0.3 is 0 Å². The van der Waals surface area contributed by atoms with Crippen LogP contribution in [-0.2, 0) is 0 Å². The Labute approximate surface area is 128 Å². The van der Waals surface area contributed by atoms with Gasteiger partial charge in [-0.2, -0.15) is 0 Å². The Kier molecular flexibility index (Phi) is 5.04. The van der Waals surface area contributed by atoms with E-state index in [1.807, 2.05) is 24.3 Å². The third-order valence-corrected chi connectivity index (χ3v) is 5.02. The Morgan fingerprint density at radius 1 is 1.33 bits per heavy atom. The second kappa shape index (κ2) is 6.61. The van der Waals surface area contributed by atoms with Crippen molar-refractivity contribution in [2.75, 3.05) is 6.54 Å². The molecule has 0 aromatic heterocycles. The van der Waals surface area contributed by atoms with Crippen molar-refractivity contribution in [2.24, 2.45) is 11.7 Å². The maximum Gasteiger partial charge on any atom is 0.251 e. The molecule has 1 aromatic carbocycles. The molecule has 1 fully saturated rings. The van der Waals surface area contributed by atoms with Crippen LogP contribution in [0.2, 0.25) is 0 Å². The average Bonchev–Trinajstić information content (AvgIpc) is 2.49. The summed E-state index contributed by atoms with van der Waals surface area (Å²) in [6.07, 6.45) is 4.51. The number of carbonyl (C=O) groups is 1. The van der Waals surface area contributed by atoms with E-state index in [4.69, 9.17) is 5.73 Å². The van der Waals surface area contributed by atoms with Crippen LogP contribution in [0, 0.1) is 5.92 Å². The van der Waals surface area contributed by atoms with Gasteiger partial charge in [0.1, 0.15) is 0 Å². The molecule has 2 atom stereocenters. The van der Waals surface area contributed by atoms with Gasteiger partial charge in [0.15, 0.2) is 0 Å². The zero-order valence-corrected chi connectivity index (χ0v) is 13.5. The highest BCUT2D eigenvalue weighted by Gasteiger charge is 2.38. The number of nitrogens with one attached hydrogen (secondary N) is 1. The second-order valence-electron chi connectivity index (χ2n) is 6.74. The van der Waals surface area contributed by atoms with Gasteiger partial charge in [-0.1, -0.05) is 45.7 Å². The maximum atomic E-state index is 12.5. The summed E-state index contributed by atoms with van der Waals surface area (Å²) in [5, 5.41) is 3.23. The minimum absolute atomic E-state index is 0.00417. The van der Waals surface area contributed by atoms with Crippen molar-refractivity contribution in [3.05, 3.63) is 35.4 Å². The molecule has 3 N–H and O–H groups in total. The molecule has 0 aliphatic heterocycles. The monoisotopic (exact) mass is 288 g/mol. The highest BCUT2D eigenvalue weighted by atomic mass is 16.1. The van der Waals surface area contributed by atoms with Crippen LogP contribution in [-0.4, -0.2) is 18.0 Å². The first-order chi connectivity index (χ1) is 9.98. The summed E-state index contributed by atoms with van der Waals surface area (Å²) in [7, 11) is 0. The van der Waals surface area contributed by atoms with E-state index in [2.05, 4.69) is 26.1 Å². The fourth-order valence-electron chi connectivity index (χ4n) is 3.27. The quantitative estimate of drug-likeness (QED) is 0.891. The van der Waals surface area contributed by atoms with Gasteiger partial charge in [-0.15, -0.1) is 0 Å². The lowest BCUT2D eigenvalue weighted by atomic mass is 9.73. The minimum Gasteiger partial charge on any atom is -0.345 e. The van der Waals surface area contributed by atoms with E-state index in [9.17, 15) is 4.79 Å². The van der Waals surface area contributed by atoms with Gasteiger partial charge in [0.25, 0.3) is 5.91 Å². The third-order valence-electron chi connectivity index (χ3n) is 5.02. The Morgan fingerprint density at radius 2 is 2.00 bits per heavy atom. The largest absolute Gasteiger partial charge is 0.345 e. The number of benzene rings is 1. The first kappa shape index (κ1) is 16.0. The van der Waals surface area contributed by atoms with Crippen molar-refractivity contribution >= 4 is 5.91 Å². The van der Waals surface area contributed by atoms with Crippen LogP contribution in [0.4, 0.5) is 0 Å². The summed E-state index contributed by atoms with van der Waals surface area (Å²) >= 11 is 0. The number of amides is 1. The molecule has 2 rings (SSSR count). The predicted molar refractivity (Wildman–Crippen MR) is 87.4 cm³/mol. The Morgan fingerprint density at radius 3 is 2.52 bits per heavy atom.